The number of ether oxygens (including phenoxy) is 1. The third-order valence-electron chi connectivity index (χ3n) is 7.01. The van der Waals surface area contributed by atoms with E-state index in [1.807, 2.05) is 30.3 Å². The van der Waals surface area contributed by atoms with E-state index in [0.29, 0.717) is 35.3 Å². The van der Waals surface area contributed by atoms with E-state index >= 15 is 0 Å². The van der Waals surface area contributed by atoms with Crippen LogP contribution in [-0.4, -0.2) is 52.1 Å². The molecular weight excluding hydrogens is 412 g/mol. The van der Waals surface area contributed by atoms with E-state index in [1.165, 1.54) is 24.2 Å². The molecule has 3 aliphatic heterocycles. The number of thiophene rings is 1. The molecule has 31 heavy (non-hydrogen) atoms. The minimum atomic E-state index is -0.116. The number of fused-ring (bicyclic) bond motifs is 3. The first-order valence-corrected chi connectivity index (χ1v) is 11.7. The average molecular weight is 437 g/mol. The molecule has 2 aromatic heterocycles. The lowest BCUT2D eigenvalue weighted by molar-refractivity contribution is -0.122. The molecule has 3 aromatic rings. The van der Waals surface area contributed by atoms with Crippen LogP contribution in [-0.2, 0) is 4.79 Å². The average Bonchev–Trinajstić information content (AvgIpc) is 3.25. The summed E-state index contributed by atoms with van der Waals surface area (Å²) in [6, 6.07) is 10.8. The fourth-order valence-electron chi connectivity index (χ4n) is 5.10. The fraction of sp³-hybridized carbons (Fsp3) is 0.435. The Bertz CT molecular complexity index is 1200. The van der Waals surface area contributed by atoms with Crippen LogP contribution in [0.25, 0.3) is 15.9 Å². The SMILES string of the molecule is CN1[C@@H]2CC[C@H]1CC(Oc1ccc(-n3cnc4cc(N5CCC5=O)sc4c3=O)cc1)C2. The number of aromatic nitrogens is 2. The Labute approximate surface area is 183 Å². The Balaban J connectivity index is 1.23. The van der Waals surface area contributed by atoms with Gasteiger partial charge in [0.15, 0.2) is 0 Å². The van der Waals surface area contributed by atoms with E-state index in [4.69, 9.17) is 4.74 Å². The van der Waals surface area contributed by atoms with Crippen LogP contribution in [0.2, 0.25) is 0 Å². The maximum absolute atomic E-state index is 13.1. The van der Waals surface area contributed by atoms with Crippen molar-refractivity contribution in [1.82, 2.24) is 14.5 Å². The van der Waals surface area contributed by atoms with Crippen LogP contribution < -0.4 is 15.2 Å². The molecule has 0 aliphatic carbocycles. The number of carbonyl (C=O) groups excluding carboxylic acids is 1. The van der Waals surface area contributed by atoms with Crippen LogP contribution in [0.4, 0.5) is 5.00 Å². The molecule has 160 valence electrons. The largest absolute Gasteiger partial charge is 0.490 e. The third-order valence-corrected chi connectivity index (χ3v) is 8.15. The van der Waals surface area contributed by atoms with Gasteiger partial charge in [-0.05, 0) is 63.1 Å². The van der Waals surface area contributed by atoms with Crippen LogP contribution in [0.1, 0.15) is 32.1 Å². The van der Waals surface area contributed by atoms with Gasteiger partial charge in [-0.25, -0.2) is 4.98 Å². The van der Waals surface area contributed by atoms with Crippen molar-refractivity contribution < 1.29 is 9.53 Å². The van der Waals surface area contributed by atoms with Gasteiger partial charge in [0.1, 0.15) is 27.9 Å². The molecule has 6 rings (SSSR count). The van der Waals surface area contributed by atoms with Crippen molar-refractivity contribution >= 4 is 32.5 Å². The smallest absolute Gasteiger partial charge is 0.275 e. The van der Waals surface area contributed by atoms with Crippen molar-refractivity contribution in [1.29, 1.82) is 0 Å². The van der Waals surface area contributed by atoms with Gasteiger partial charge in [0.25, 0.3) is 5.56 Å². The Kier molecular flexibility index (Phi) is 4.40. The van der Waals surface area contributed by atoms with Crippen molar-refractivity contribution in [2.24, 2.45) is 0 Å². The van der Waals surface area contributed by atoms with Gasteiger partial charge in [0, 0.05) is 25.0 Å². The zero-order valence-electron chi connectivity index (χ0n) is 17.4. The molecule has 3 fully saturated rings. The second kappa shape index (κ2) is 7.17. The number of nitrogens with zero attached hydrogens (tertiary/aromatic N) is 4. The topological polar surface area (TPSA) is 67.7 Å². The number of amides is 1. The highest BCUT2D eigenvalue weighted by Gasteiger charge is 2.39. The summed E-state index contributed by atoms with van der Waals surface area (Å²) in [6.07, 6.45) is 7.09. The van der Waals surface area contributed by atoms with Gasteiger partial charge in [0.05, 0.1) is 11.2 Å². The van der Waals surface area contributed by atoms with E-state index in [-0.39, 0.29) is 17.6 Å². The van der Waals surface area contributed by atoms with Gasteiger partial charge in [-0.1, -0.05) is 0 Å². The highest BCUT2D eigenvalue weighted by Crippen LogP contribution is 2.36. The van der Waals surface area contributed by atoms with E-state index < -0.39 is 0 Å². The third kappa shape index (κ3) is 3.16. The number of hydrogen-bond donors (Lipinski definition) is 0. The zero-order valence-corrected chi connectivity index (χ0v) is 18.2. The van der Waals surface area contributed by atoms with Crippen molar-refractivity contribution in [2.45, 2.75) is 50.3 Å². The zero-order chi connectivity index (χ0) is 21.1. The molecule has 8 heteroatoms. The number of benzene rings is 1. The molecule has 1 unspecified atom stereocenters. The maximum Gasteiger partial charge on any atom is 0.275 e. The monoisotopic (exact) mass is 436 g/mol. The number of carbonyl (C=O) groups is 1. The van der Waals surface area contributed by atoms with Crippen LogP contribution in [0.3, 0.4) is 0 Å². The summed E-state index contributed by atoms with van der Waals surface area (Å²) in [5, 5.41) is 0.796. The Morgan fingerprint density at radius 3 is 2.48 bits per heavy atom. The molecule has 0 radical (unpaired) electrons. The first kappa shape index (κ1) is 19.0. The minimum absolute atomic E-state index is 0.0973. The molecule has 3 aliphatic rings. The molecule has 3 saturated heterocycles. The van der Waals surface area contributed by atoms with Gasteiger partial charge in [-0.2, -0.15) is 0 Å². The second-order valence-electron chi connectivity index (χ2n) is 8.77. The normalized spacial score (nSPS) is 25.8. The van der Waals surface area contributed by atoms with Crippen LogP contribution in [0.15, 0.2) is 41.5 Å². The Morgan fingerprint density at radius 2 is 1.84 bits per heavy atom. The second-order valence-corrected chi connectivity index (χ2v) is 9.80. The van der Waals surface area contributed by atoms with Crippen molar-refractivity contribution in [3.8, 4) is 11.4 Å². The summed E-state index contributed by atoms with van der Waals surface area (Å²) in [5.74, 6) is 0.939. The number of β-lactam (4-membered cyclic amide) rings is 1. The van der Waals surface area contributed by atoms with Gasteiger partial charge in [-0.15, -0.1) is 11.3 Å². The summed E-state index contributed by atoms with van der Waals surface area (Å²) < 4.78 is 8.39. The molecule has 1 amide bonds. The molecular formula is C23H24N4O3S. The standard InChI is InChI=1S/C23H24N4O3S/c1-25-15-2-3-16(25)11-18(10-15)30-17-6-4-14(5-7-17)27-13-24-19-12-21(26-9-8-20(26)28)31-22(19)23(27)29/h4-7,12-13,15-16,18H,2-3,8-11H2,1H3/t15-,16+,18?. The predicted molar refractivity (Wildman–Crippen MR) is 120 cm³/mol. The summed E-state index contributed by atoms with van der Waals surface area (Å²) in [5.41, 5.74) is 1.28. The lowest BCUT2D eigenvalue weighted by atomic mass is 10.0. The fourth-order valence-corrected chi connectivity index (χ4v) is 6.19. The van der Waals surface area contributed by atoms with Crippen molar-refractivity contribution in [3.63, 3.8) is 0 Å². The molecule has 3 atom stereocenters. The summed E-state index contributed by atoms with van der Waals surface area (Å²) in [7, 11) is 2.23. The number of anilines is 1. The number of piperidine rings is 1. The van der Waals surface area contributed by atoms with Crippen LogP contribution in [0, 0.1) is 0 Å². The summed E-state index contributed by atoms with van der Waals surface area (Å²) in [6.45, 7) is 0.708. The van der Waals surface area contributed by atoms with Gasteiger partial charge >= 0.3 is 0 Å². The molecule has 2 bridgehead atoms. The van der Waals surface area contributed by atoms with Crippen LogP contribution in [0.5, 0.6) is 5.75 Å². The molecule has 0 spiro atoms. The van der Waals surface area contributed by atoms with E-state index in [1.54, 1.807) is 15.8 Å². The molecule has 0 saturated carbocycles. The van der Waals surface area contributed by atoms with E-state index in [9.17, 15) is 9.59 Å². The minimum Gasteiger partial charge on any atom is -0.490 e. The first-order chi connectivity index (χ1) is 15.1. The first-order valence-electron chi connectivity index (χ1n) is 10.9. The molecule has 5 heterocycles. The van der Waals surface area contributed by atoms with Crippen molar-refractivity contribution in [3.05, 3.63) is 47.0 Å². The van der Waals surface area contributed by atoms with E-state index in [0.717, 1.165) is 29.3 Å². The number of hydrogen-bond acceptors (Lipinski definition) is 6. The van der Waals surface area contributed by atoms with Crippen molar-refractivity contribution in [2.75, 3.05) is 18.5 Å². The lowest BCUT2D eigenvalue weighted by Gasteiger charge is -2.36. The summed E-state index contributed by atoms with van der Waals surface area (Å²) >= 11 is 1.33. The quantitative estimate of drug-likeness (QED) is 0.588. The van der Waals surface area contributed by atoms with Gasteiger partial charge in [-0.3, -0.25) is 14.2 Å². The summed E-state index contributed by atoms with van der Waals surface area (Å²) in [4.78, 5) is 33.4. The van der Waals surface area contributed by atoms with Gasteiger partial charge < -0.3 is 14.5 Å². The predicted octanol–water partition coefficient (Wildman–Crippen LogP) is 3.19. The van der Waals surface area contributed by atoms with Crippen LogP contribution >= 0.6 is 11.3 Å². The Hall–Kier alpha value is -2.71. The highest BCUT2D eigenvalue weighted by atomic mass is 32.1. The molecule has 1 aromatic carbocycles. The lowest BCUT2D eigenvalue weighted by Crippen LogP contribution is -2.43. The maximum atomic E-state index is 13.1. The van der Waals surface area contributed by atoms with Gasteiger partial charge in [0.2, 0.25) is 5.91 Å². The molecule has 0 N–H and O–H groups in total. The number of rotatable bonds is 4. The molecule has 7 nitrogen and oxygen atoms in total. The highest BCUT2D eigenvalue weighted by molar-refractivity contribution is 7.22. The Morgan fingerprint density at radius 1 is 1.10 bits per heavy atom. The van der Waals surface area contributed by atoms with E-state index in [2.05, 4.69) is 16.9 Å².